The molecule has 1 saturated heterocycles. The summed E-state index contributed by atoms with van der Waals surface area (Å²) in [6.45, 7) is 10.1. The van der Waals surface area contributed by atoms with E-state index in [1.165, 1.54) is 19.5 Å². The van der Waals surface area contributed by atoms with Crippen molar-refractivity contribution in [3.63, 3.8) is 0 Å². The van der Waals surface area contributed by atoms with Crippen molar-refractivity contribution >= 4 is 24.8 Å². The van der Waals surface area contributed by atoms with Gasteiger partial charge in [0.25, 0.3) is 0 Å². The standard InChI is InChI=1S/C9H20N2.2ClH/c1-9(2,3)11-5-4-8(6-10)7-11;;/h8H,4-7,10H2,1-3H3;2*1H. The van der Waals surface area contributed by atoms with Gasteiger partial charge in [0.05, 0.1) is 0 Å². The molecule has 1 atom stereocenters. The Morgan fingerprint density at radius 1 is 1.31 bits per heavy atom. The van der Waals surface area contributed by atoms with Gasteiger partial charge < -0.3 is 5.73 Å². The number of halogens is 2. The maximum atomic E-state index is 5.61. The Labute approximate surface area is 94.1 Å². The second kappa shape index (κ2) is 6.07. The fourth-order valence-corrected chi connectivity index (χ4v) is 1.63. The summed E-state index contributed by atoms with van der Waals surface area (Å²) in [4.78, 5) is 2.52. The fourth-order valence-electron chi connectivity index (χ4n) is 1.63. The second-order valence-electron chi connectivity index (χ2n) is 4.51. The van der Waals surface area contributed by atoms with Crippen LogP contribution in [-0.2, 0) is 0 Å². The van der Waals surface area contributed by atoms with Gasteiger partial charge in [0.1, 0.15) is 0 Å². The lowest BCUT2D eigenvalue weighted by Crippen LogP contribution is -2.39. The van der Waals surface area contributed by atoms with Crippen molar-refractivity contribution in [3.8, 4) is 0 Å². The topological polar surface area (TPSA) is 29.3 Å². The van der Waals surface area contributed by atoms with Gasteiger partial charge >= 0.3 is 0 Å². The molecule has 1 rings (SSSR count). The van der Waals surface area contributed by atoms with E-state index in [1.807, 2.05) is 0 Å². The van der Waals surface area contributed by atoms with Gasteiger partial charge in [0, 0.05) is 12.1 Å². The van der Waals surface area contributed by atoms with Crippen LogP contribution in [0.3, 0.4) is 0 Å². The summed E-state index contributed by atoms with van der Waals surface area (Å²) in [6.07, 6.45) is 1.29. The highest BCUT2D eigenvalue weighted by Gasteiger charge is 2.28. The van der Waals surface area contributed by atoms with Crippen LogP contribution in [0.1, 0.15) is 27.2 Å². The zero-order chi connectivity index (χ0) is 8.48. The number of nitrogens with two attached hydrogens (primary N) is 1. The molecule has 1 aliphatic heterocycles. The van der Waals surface area contributed by atoms with Gasteiger partial charge in [-0.15, -0.1) is 24.8 Å². The molecule has 0 radical (unpaired) electrons. The van der Waals surface area contributed by atoms with E-state index in [2.05, 4.69) is 25.7 Å². The Hall–Kier alpha value is 0.500. The molecule has 0 aromatic rings. The molecule has 1 fully saturated rings. The van der Waals surface area contributed by atoms with Gasteiger partial charge in [-0.2, -0.15) is 0 Å². The van der Waals surface area contributed by atoms with Gasteiger partial charge in [0.15, 0.2) is 0 Å². The highest BCUT2D eigenvalue weighted by Crippen LogP contribution is 2.23. The fraction of sp³-hybridized carbons (Fsp3) is 1.00. The molecule has 82 valence electrons. The first-order chi connectivity index (χ1) is 5.04. The van der Waals surface area contributed by atoms with Crippen LogP contribution in [0.5, 0.6) is 0 Å². The van der Waals surface area contributed by atoms with Crippen LogP contribution in [0.2, 0.25) is 0 Å². The first-order valence-corrected chi connectivity index (χ1v) is 4.49. The minimum atomic E-state index is 0. The van der Waals surface area contributed by atoms with Crippen molar-refractivity contribution in [1.82, 2.24) is 4.90 Å². The molecule has 1 aliphatic rings. The van der Waals surface area contributed by atoms with E-state index >= 15 is 0 Å². The molecule has 2 N–H and O–H groups in total. The largest absolute Gasteiger partial charge is 0.330 e. The Bertz CT molecular complexity index is 134. The normalized spacial score (nSPS) is 23.5. The highest BCUT2D eigenvalue weighted by molar-refractivity contribution is 5.85. The van der Waals surface area contributed by atoms with Gasteiger partial charge in [-0.1, -0.05) is 0 Å². The quantitative estimate of drug-likeness (QED) is 0.744. The first-order valence-electron chi connectivity index (χ1n) is 4.49. The second-order valence-corrected chi connectivity index (χ2v) is 4.51. The molecule has 13 heavy (non-hydrogen) atoms. The van der Waals surface area contributed by atoms with Gasteiger partial charge in [0.2, 0.25) is 0 Å². The van der Waals surface area contributed by atoms with Crippen LogP contribution in [0.25, 0.3) is 0 Å². The molecule has 1 unspecified atom stereocenters. The van der Waals surface area contributed by atoms with Crippen molar-refractivity contribution < 1.29 is 0 Å². The number of likely N-dealkylation sites (tertiary alicyclic amines) is 1. The average molecular weight is 229 g/mol. The lowest BCUT2D eigenvalue weighted by molar-refractivity contribution is 0.169. The minimum Gasteiger partial charge on any atom is -0.330 e. The molecule has 4 heteroatoms. The van der Waals surface area contributed by atoms with E-state index in [4.69, 9.17) is 5.73 Å². The Balaban J connectivity index is 0. The predicted octanol–water partition coefficient (Wildman–Crippen LogP) is 1.91. The van der Waals surface area contributed by atoms with Crippen LogP contribution in [0, 0.1) is 5.92 Å². The van der Waals surface area contributed by atoms with Crippen LogP contribution in [0.4, 0.5) is 0 Å². The van der Waals surface area contributed by atoms with E-state index in [1.54, 1.807) is 0 Å². The maximum absolute atomic E-state index is 5.61. The third-order valence-electron chi connectivity index (χ3n) is 2.57. The molecule has 1 heterocycles. The van der Waals surface area contributed by atoms with E-state index < -0.39 is 0 Å². The van der Waals surface area contributed by atoms with E-state index in [0.717, 1.165) is 12.5 Å². The molecule has 0 aromatic heterocycles. The van der Waals surface area contributed by atoms with Crippen LogP contribution in [-0.4, -0.2) is 30.1 Å². The van der Waals surface area contributed by atoms with Gasteiger partial charge in [-0.05, 0) is 46.2 Å². The summed E-state index contributed by atoms with van der Waals surface area (Å²) in [5.74, 6) is 0.745. The molecular formula is C9H22Cl2N2. The molecule has 0 spiro atoms. The Morgan fingerprint density at radius 2 is 1.85 bits per heavy atom. The van der Waals surface area contributed by atoms with Crippen molar-refractivity contribution in [2.24, 2.45) is 11.7 Å². The average Bonchev–Trinajstić information content (AvgIpc) is 2.32. The summed E-state index contributed by atoms with van der Waals surface area (Å²) in [5.41, 5.74) is 5.95. The van der Waals surface area contributed by atoms with Gasteiger partial charge in [-0.3, -0.25) is 4.90 Å². The van der Waals surface area contributed by atoms with E-state index in [-0.39, 0.29) is 24.8 Å². The van der Waals surface area contributed by atoms with Crippen LogP contribution < -0.4 is 5.73 Å². The molecule has 0 aromatic carbocycles. The van der Waals surface area contributed by atoms with Crippen molar-refractivity contribution in [1.29, 1.82) is 0 Å². The first kappa shape index (κ1) is 15.9. The molecule has 0 aliphatic carbocycles. The van der Waals surface area contributed by atoms with Crippen LogP contribution >= 0.6 is 24.8 Å². The minimum absolute atomic E-state index is 0. The van der Waals surface area contributed by atoms with Gasteiger partial charge in [-0.25, -0.2) is 0 Å². The lowest BCUT2D eigenvalue weighted by atomic mass is 10.1. The zero-order valence-electron chi connectivity index (χ0n) is 8.75. The Morgan fingerprint density at radius 3 is 2.08 bits per heavy atom. The lowest BCUT2D eigenvalue weighted by Gasteiger charge is -2.31. The smallest absolute Gasteiger partial charge is 0.0125 e. The molecule has 0 saturated carbocycles. The van der Waals surface area contributed by atoms with Crippen molar-refractivity contribution in [3.05, 3.63) is 0 Å². The summed E-state index contributed by atoms with van der Waals surface area (Å²) in [6, 6.07) is 0. The maximum Gasteiger partial charge on any atom is 0.0125 e. The number of rotatable bonds is 1. The number of hydrogen-bond acceptors (Lipinski definition) is 2. The van der Waals surface area contributed by atoms with Crippen molar-refractivity contribution in [2.75, 3.05) is 19.6 Å². The summed E-state index contributed by atoms with van der Waals surface area (Å²) >= 11 is 0. The summed E-state index contributed by atoms with van der Waals surface area (Å²) < 4.78 is 0. The monoisotopic (exact) mass is 228 g/mol. The Kier molecular flexibility index (Phi) is 7.45. The van der Waals surface area contributed by atoms with Crippen LogP contribution in [0.15, 0.2) is 0 Å². The molecule has 0 bridgehead atoms. The highest BCUT2D eigenvalue weighted by atomic mass is 35.5. The third kappa shape index (κ3) is 4.50. The number of nitrogens with zero attached hydrogens (tertiary/aromatic N) is 1. The molecule has 2 nitrogen and oxygen atoms in total. The summed E-state index contributed by atoms with van der Waals surface area (Å²) in [5, 5.41) is 0. The van der Waals surface area contributed by atoms with Crippen molar-refractivity contribution in [2.45, 2.75) is 32.7 Å². The SMILES string of the molecule is CC(C)(C)N1CCC(CN)C1.Cl.Cl. The molecular weight excluding hydrogens is 207 g/mol. The third-order valence-corrected chi connectivity index (χ3v) is 2.57. The molecule has 0 amide bonds. The zero-order valence-corrected chi connectivity index (χ0v) is 10.4. The number of hydrogen-bond donors (Lipinski definition) is 1. The van der Waals surface area contributed by atoms with E-state index in [9.17, 15) is 0 Å². The summed E-state index contributed by atoms with van der Waals surface area (Å²) in [7, 11) is 0. The predicted molar refractivity (Wildman–Crippen MR) is 63.0 cm³/mol. The van der Waals surface area contributed by atoms with E-state index in [0.29, 0.717) is 5.54 Å².